The second-order valence-electron chi connectivity index (χ2n) is 3.72. The van der Waals surface area contributed by atoms with Gasteiger partial charge in [-0.15, -0.1) is 0 Å². The molecule has 0 unspecified atom stereocenters. The van der Waals surface area contributed by atoms with Gasteiger partial charge in [0.1, 0.15) is 0 Å². The average Bonchev–Trinajstić information content (AvgIpc) is 2.01. The van der Waals surface area contributed by atoms with E-state index in [0.29, 0.717) is 11.3 Å². The summed E-state index contributed by atoms with van der Waals surface area (Å²) < 4.78 is 2.02. The molecule has 0 spiro atoms. The Kier molecular flexibility index (Phi) is 3.75. The summed E-state index contributed by atoms with van der Waals surface area (Å²) >= 11 is 1.62. The van der Waals surface area contributed by atoms with Gasteiger partial charge in [0.2, 0.25) is 0 Å². The number of aromatic nitrogens is 2. The van der Waals surface area contributed by atoms with E-state index in [0.717, 1.165) is 5.16 Å². The van der Waals surface area contributed by atoms with Crippen LogP contribution in [0.25, 0.3) is 0 Å². The molecule has 0 saturated heterocycles. The van der Waals surface area contributed by atoms with Crippen LogP contribution in [0.5, 0.6) is 0 Å². The van der Waals surface area contributed by atoms with Crippen molar-refractivity contribution < 1.29 is 0 Å². The zero-order chi connectivity index (χ0) is 10.7. The van der Waals surface area contributed by atoms with Gasteiger partial charge in [0.05, 0.1) is 0 Å². The van der Waals surface area contributed by atoms with Crippen molar-refractivity contribution in [1.29, 1.82) is 0 Å². The van der Waals surface area contributed by atoms with Crippen LogP contribution in [-0.2, 0) is 0 Å². The Balaban J connectivity index is 3.09. The zero-order valence-electron chi connectivity index (χ0n) is 9.02. The monoisotopic (exact) mass is 212 g/mol. The maximum Gasteiger partial charge on any atom is 0.273 e. The summed E-state index contributed by atoms with van der Waals surface area (Å²) in [7, 11) is 0. The highest BCUT2D eigenvalue weighted by Gasteiger charge is 2.08. The first kappa shape index (κ1) is 11.3. The average molecular weight is 212 g/mol. The van der Waals surface area contributed by atoms with E-state index in [1.807, 2.05) is 10.8 Å². The summed E-state index contributed by atoms with van der Waals surface area (Å²) in [5.41, 5.74) is -0.162. The van der Waals surface area contributed by atoms with Gasteiger partial charge in [0.25, 0.3) is 5.56 Å². The number of thioether (sulfide) groups is 1. The SMILES string of the molecule is CC(C)Sc1nc(=O)ccn1C(C)C. The molecular weight excluding hydrogens is 196 g/mol. The van der Waals surface area contributed by atoms with Gasteiger partial charge in [-0.25, -0.2) is 0 Å². The van der Waals surface area contributed by atoms with Crippen molar-refractivity contribution in [2.45, 2.75) is 44.1 Å². The van der Waals surface area contributed by atoms with Crippen molar-refractivity contribution >= 4 is 11.8 Å². The molecule has 0 saturated carbocycles. The van der Waals surface area contributed by atoms with Gasteiger partial charge in [0.15, 0.2) is 5.16 Å². The largest absolute Gasteiger partial charge is 0.325 e. The zero-order valence-corrected chi connectivity index (χ0v) is 9.84. The molecule has 1 heterocycles. The van der Waals surface area contributed by atoms with E-state index in [1.165, 1.54) is 6.07 Å². The molecule has 1 aromatic rings. The molecule has 0 atom stereocenters. The topological polar surface area (TPSA) is 34.9 Å². The summed E-state index contributed by atoms with van der Waals surface area (Å²) in [4.78, 5) is 15.1. The molecule has 78 valence electrons. The molecule has 0 aliphatic rings. The third-order valence-corrected chi connectivity index (χ3v) is 2.69. The molecule has 0 amide bonds. The van der Waals surface area contributed by atoms with E-state index in [4.69, 9.17) is 0 Å². The first-order chi connectivity index (χ1) is 6.50. The molecule has 3 nitrogen and oxygen atoms in total. The fourth-order valence-corrected chi connectivity index (χ4v) is 2.05. The van der Waals surface area contributed by atoms with Crippen LogP contribution in [0, 0.1) is 0 Å². The highest BCUT2D eigenvalue weighted by molar-refractivity contribution is 7.99. The van der Waals surface area contributed by atoms with Crippen LogP contribution >= 0.6 is 11.8 Å². The summed E-state index contributed by atoms with van der Waals surface area (Å²) in [6.45, 7) is 8.34. The van der Waals surface area contributed by atoms with Crippen LogP contribution in [0.2, 0.25) is 0 Å². The van der Waals surface area contributed by atoms with Crippen molar-refractivity contribution in [3.63, 3.8) is 0 Å². The van der Waals surface area contributed by atoms with Crippen LogP contribution < -0.4 is 5.56 Å². The van der Waals surface area contributed by atoms with Crippen molar-refractivity contribution in [3.8, 4) is 0 Å². The van der Waals surface area contributed by atoms with Gasteiger partial charge >= 0.3 is 0 Å². The smallest absolute Gasteiger partial charge is 0.273 e. The van der Waals surface area contributed by atoms with Gasteiger partial charge in [0, 0.05) is 23.6 Å². The van der Waals surface area contributed by atoms with Crippen molar-refractivity contribution in [2.24, 2.45) is 0 Å². The molecule has 0 radical (unpaired) electrons. The highest BCUT2D eigenvalue weighted by Crippen LogP contribution is 2.21. The minimum Gasteiger partial charge on any atom is -0.325 e. The minimum absolute atomic E-state index is 0.162. The Morgan fingerprint density at radius 2 is 2.00 bits per heavy atom. The molecule has 0 aliphatic carbocycles. The molecule has 1 rings (SSSR count). The third-order valence-electron chi connectivity index (χ3n) is 1.70. The molecule has 14 heavy (non-hydrogen) atoms. The predicted molar refractivity (Wildman–Crippen MR) is 59.9 cm³/mol. The van der Waals surface area contributed by atoms with E-state index in [9.17, 15) is 4.79 Å². The molecule has 4 heteroatoms. The first-order valence-electron chi connectivity index (χ1n) is 4.76. The second kappa shape index (κ2) is 4.64. The van der Waals surface area contributed by atoms with E-state index in [1.54, 1.807) is 11.8 Å². The standard InChI is InChI=1S/C10H16N2OS/c1-7(2)12-6-5-9(13)11-10(12)14-8(3)4/h5-8H,1-4H3. The fourth-order valence-electron chi connectivity index (χ4n) is 1.09. The van der Waals surface area contributed by atoms with E-state index in [-0.39, 0.29) is 5.56 Å². The minimum atomic E-state index is -0.162. The number of hydrogen-bond donors (Lipinski definition) is 0. The van der Waals surface area contributed by atoms with Crippen LogP contribution in [0.3, 0.4) is 0 Å². The molecule has 0 bridgehead atoms. The van der Waals surface area contributed by atoms with Crippen LogP contribution in [0.1, 0.15) is 33.7 Å². The lowest BCUT2D eigenvalue weighted by Crippen LogP contribution is -2.15. The number of rotatable bonds is 3. The molecule has 0 aliphatic heterocycles. The quantitative estimate of drug-likeness (QED) is 0.569. The first-order valence-corrected chi connectivity index (χ1v) is 5.64. The summed E-state index contributed by atoms with van der Waals surface area (Å²) in [6, 6.07) is 1.84. The molecular formula is C10H16N2OS. The Morgan fingerprint density at radius 1 is 1.36 bits per heavy atom. The van der Waals surface area contributed by atoms with E-state index < -0.39 is 0 Å². The van der Waals surface area contributed by atoms with Gasteiger partial charge in [-0.05, 0) is 13.8 Å². The van der Waals surface area contributed by atoms with Crippen molar-refractivity contribution in [3.05, 3.63) is 22.6 Å². The summed E-state index contributed by atoms with van der Waals surface area (Å²) in [6.07, 6.45) is 1.81. The lowest BCUT2D eigenvalue weighted by atomic mass is 10.4. The van der Waals surface area contributed by atoms with Crippen LogP contribution in [-0.4, -0.2) is 14.8 Å². The van der Waals surface area contributed by atoms with E-state index in [2.05, 4.69) is 32.7 Å². The Labute approximate surface area is 88.6 Å². The maximum absolute atomic E-state index is 11.1. The van der Waals surface area contributed by atoms with Crippen LogP contribution in [0.4, 0.5) is 0 Å². The predicted octanol–water partition coefficient (Wildman–Crippen LogP) is 2.32. The van der Waals surface area contributed by atoms with Gasteiger partial charge < -0.3 is 4.57 Å². The summed E-state index contributed by atoms with van der Waals surface area (Å²) in [5, 5.41) is 1.25. The molecule has 0 aromatic carbocycles. The van der Waals surface area contributed by atoms with Crippen LogP contribution in [0.15, 0.2) is 22.2 Å². The lowest BCUT2D eigenvalue weighted by Gasteiger charge is -2.15. The normalized spacial score (nSPS) is 11.3. The van der Waals surface area contributed by atoms with Gasteiger partial charge in [-0.2, -0.15) is 4.98 Å². The molecule has 0 N–H and O–H groups in total. The van der Waals surface area contributed by atoms with Gasteiger partial charge in [-0.3, -0.25) is 4.79 Å². The maximum atomic E-state index is 11.1. The molecule has 1 aromatic heterocycles. The lowest BCUT2D eigenvalue weighted by molar-refractivity contribution is 0.525. The highest BCUT2D eigenvalue weighted by atomic mass is 32.2. The number of hydrogen-bond acceptors (Lipinski definition) is 3. The van der Waals surface area contributed by atoms with Crippen molar-refractivity contribution in [1.82, 2.24) is 9.55 Å². The Morgan fingerprint density at radius 3 is 2.50 bits per heavy atom. The molecule has 0 fully saturated rings. The van der Waals surface area contributed by atoms with Crippen molar-refractivity contribution in [2.75, 3.05) is 0 Å². The van der Waals surface area contributed by atoms with Gasteiger partial charge in [-0.1, -0.05) is 25.6 Å². The fraction of sp³-hybridized carbons (Fsp3) is 0.600. The van der Waals surface area contributed by atoms with E-state index >= 15 is 0 Å². The summed E-state index contributed by atoms with van der Waals surface area (Å²) in [5.74, 6) is 0. The Bertz CT molecular complexity index is 357. The second-order valence-corrected chi connectivity index (χ2v) is 5.26. The third kappa shape index (κ3) is 2.87. The Hall–Kier alpha value is -0.770. The number of nitrogens with zero attached hydrogens (tertiary/aromatic N) is 2.